The maximum atomic E-state index is 11.7. The summed E-state index contributed by atoms with van der Waals surface area (Å²) < 4.78 is 5.56. The van der Waals surface area contributed by atoms with Gasteiger partial charge in [-0.3, -0.25) is 0 Å². The van der Waals surface area contributed by atoms with Crippen molar-refractivity contribution in [1.29, 1.82) is 0 Å². The van der Waals surface area contributed by atoms with E-state index in [1.54, 1.807) is 0 Å². The summed E-state index contributed by atoms with van der Waals surface area (Å²) in [5, 5.41) is 5.69. The summed E-state index contributed by atoms with van der Waals surface area (Å²) >= 11 is 0. The average molecular weight is 298 g/mol. The summed E-state index contributed by atoms with van der Waals surface area (Å²) in [4.78, 5) is 11.7. The SMILES string of the molecule is Cc1ccccc1CNC(=O)NCCCOc1ccccc1. The van der Waals surface area contributed by atoms with Gasteiger partial charge in [-0.15, -0.1) is 0 Å². The molecule has 0 aromatic heterocycles. The normalized spacial score (nSPS) is 10.0. The Labute approximate surface area is 131 Å². The van der Waals surface area contributed by atoms with Crippen LogP contribution in [-0.2, 0) is 6.54 Å². The van der Waals surface area contributed by atoms with Crippen molar-refractivity contribution in [3.05, 3.63) is 65.7 Å². The van der Waals surface area contributed by atoms with Gasteiger partial charge in [-0.05, 0) is 36.6 Å². The number of ether oxygens (including phenoxy) is 1. The molecule has 0 heterocycles. The van der Waals surface area contributed by atoms with Crippen molar-refractivity contribution in [1.82, 2.24) is 10.6 Å². The smallest absolute Gasteiger partial charge is 0.315 e. The lowest BCUT2D eigenvalue weighted by Gasteiger charge is -2.10. The van der Waals surface area contributed by atoms with Gasteiger partial charge in [0.15, 0.2) is 0 Å². The second-order valence-electron chi connectivity index (χ2n) is 5.05. The molecule has 0 radical (unpaired) electrons. The highest BCUT2D eigenvalue weighted by Gasteiger charge is 2.01. The van der Waals surface area contributed by atoms with Crippen molar-refractivity contribution in [3.63, 3.8) is 0 Å². The minimum absolute atomic E-state index is 0.150. The van der Waals surface area contributed by atoms with Gasteiger partial charge in [0.2, 0.25) is 0 Å². The van der Waals surface area contributed by atoms with Crippen molar-refractivity contribution in [3.8, 4) is 5.75 Å². The van der Waals surface area contributed by atoms with E-state index in [-0.39, 0.29) is 6.03 Å². The van der Waals surface area contributed by atoms with E-state index in [4.69, 9.17) is 4.74 Å². The second-order valence-corrected chi connectivity index (χ2v) is 5.05. The predicted molar refractivity (Wildman–Crippen MR) is 88.0 cm³/mol. The Hall–Kier alpha value is -2.49. The van der Waals surface area contributed by atoms with E-state index in [9.17, 15) is 4.79 Å². The number of nitrogens with one attached hydrogen (secondary N) is 2. The van der Waals surface area contributed by atoms with Crippen LogP contribution in [-0.4, -0.2) is 19.2 Å². The van der Waals surface area contributed by atoms with Crippen LogP contribution < -0.4 is 15.4 Å². The van der Waals surface area contributed by atoms with E-state index in [0.29, 0.717) is 19.7 Å². The van der Waals surface area contributed by atoms with E-state index in [1.165, 1.54) is 5.56 Å². The molecule has 0 unspecified atom stereocenters. The van der Waals surface area contributed by atoms with Crippen LogP contribution in [0.15, 0.2) is 54.6 Å². The first-order valence-corrected chi connectivity index (χ1v) is 7.50. The number of urea groups is 1. The van der Waals surface area contributed by atoms with Crippen LogP contribution in [0.1, 0.15) is 17.5 Å². The highest BCUT2D eigenvalue weighted by Crippen LogP contribution is 2.08. The molecule has 0 saturated heterocycles. The molecule has 0 aliphatic rings. The van der Waals surface area contributed by atoms with Gasteiger partial charge in [-0.25, -0.2) is 4.79 Å². The van der Waals surface area contributed by atoms with Crippen molar-refractivity contribution in [2.75, 3.05) is 13.2 Å². The number of hydrogen-bond acceptors (Lipinski definition) is 2. The van der Waals surface area contributed by atoms with Crippen LogP contribution >= 0.6 is 0 Å². The molecule has 2 aromatic rings. The lowest BCUT2D eigenvalue weighted by molar-refractivity contribution is 0.238. The van der Waals surface area contributed by atoms with E-state index >= 15 is 0 Å². The Morgan fingerprint density at radius 2 is 1.73 bits per heavy atom. The largest absolute Gasteiger partial charge is 0.494 e. The maximum absolute atomic E-state index is 11.7. The number of rotatable bonds is 7. The third kappa shape index (κ3) is 5.48. The lowest BCUT2D eigenvalue weighted by atomic mass is 10.1. The van der Waals surface area contributed by atoms with E-state index in [1.807, 2.05) is 61.5 Å². The highest BCUT2D eigenvalue weighted by molar-refractivity contribution is 5.73. The molecule has 0 aliphatic carbocycles. The zero-order valence-electron chi connectivity index (χ0n) is 12.8. The Bertz CT molecular complexity index is 585. The summed E-state index contributed by atoms with van der Waals surface area (Å²) in [7, 11) is 0. The van der Waals surface area contributed by atoms with Gasteiger partial charge in [0, 0.05) is 13.1 Å². The van der Waals surface area contributed by atoms with Crippen LogP contribution in [0.2, 0.25) is 0 Å². The van der Waals surface area contributed by atoms with Crippen molar-refractivity contribution < 1.29 is 9.53 Å². The fraction of sp³-hybridized carbons (Fsp3) is 0.278. The molecule has 0 aliphatic heterocycles. The fourth-order valence-corrected chi connectivity index (χ4v) is 2.03. The molecule has 0 saturated carbocycles. The predicted octanol–water partition coefficient (Wildman–Crippen LogP) is 3.26. The zero-order chi connectivity index (χ0) is 15.6. The van der Waals surface area contributed by atoms with Crippen molar-refractivity contribution in [2.45, 2.75) is 19.9 Å². The Morgan fingerprint density at radius 3 is 2.50 bits per heavy atom. The van der Waals surface area contributed by atoms with Gasteiger partial charge in [-0.1, -0.05) is 42.5 Å². The third-order valence-corrected chi connectivity index (χ3v) is 3.32. The maximum Gasteiger partial charge on any atom is 0.315 e. The van der Waals surface area contributed by atoms with E-state index < -0.39 is 0 Å². The summed E-state index contributed by atoms with van der Waals surface area (Å²) in [5.74, 6) is 0.853. The highest BCUT2D eigenvalue weighted by atomic mass is 16.5. The van der Waals surface area contributed by atoms with Gasteiger partial charge in [0.25, 0.3) is 0 Å². The molecule has 2 rings (SSSR count). The molecule has 0 spiro atoms. The number of carbonyl (C=O) groups excluding carboxylic acids is 1. The number of carbonyl (C=O) groups is 1. The monoisotopic (exact) mass is 298 g/mol. The molecule has 2 N–H and O–H groups in total. The van der Waals surface area contributed by atoms with Gasteiger partial charge < -0.3 is 15.4 Å². The molecular weight excluding hydrogens is 276 g/mol. The standard InChI is InChI=1S/C18H22N2O2/c1-15-8-5-6-9-16(15)14-20-18(21)19-12-7-13-22-17-10-3-2-4-11-17/h2-6,8-11H,7,12-14H2,1H3,(H2,19,20,21). The molecule has 2 amide bonds. The van der Waals surface area contributed by atoms with Gasteiger partial charge in [0.05, 0.1) is 6.61 Å². The van der Waals surface area contributed by atoms with E-state index in [0.717, 1.165) is 17.7 Å². The summed E-state index contributed by atoms with van der Waals surface area (Å²) in [6, 6.07) is 17.5. The Kier molecular flexibility index (Phi) is 6.30. The molecule has 0 atom stereocenters. The first-order chi connectivity index (χ1) is 10.8. The van der Waals surface area contributed by atoms with Gasteiger partial charge in [-0.2, -0.15) is 0 Å². The Balaban J connectivity index is 1.57. The van der Waals surface area contributed by atoms with Crippen LogP contribution in [0, 0.1) is 6.92 Å². The zero-order valence-corrected chi connectivity index (χ0v) is 12.8. The fourth-order valence-electron chi connectivity index (χ4n) is 2.03. The van der Waals surface area contributed by atoms with Crippen LogP contribution in [0.25, 0.3) is 0 Å². The van der Waals surface area contributed by atoms with Crippen LogP contribution in [0.4, 0.5) is 4.79 Å². The first-order valence-electron chi connectivity index (χ1n) is 7.50. The number of aryl methyl sites for hydroxylation is 1. The molecule has 4 nitrogen and oxygen atoms in total. The van der Waals surface area contributed by atoms with Crippen LogP contribution in [0.5, 0.6) is 5.75 Å². The van der Waals surface area contributed by atoms with Crippen LogP contribution in [0.3, 0.4) is 0 Å². The summed E-state index contributed by atoms with van der Waals surface area (Å²) in [5.41, 5.74) is 2.31. The molecule has 0 fully saturated rings. The number of para-hydroxylation sites is 1. The van der Waals surface area contributed by atoms with E-state index in [2.05, 4.69) is 10.6 Å². The quantitative estimate of drug-likeness (QED) is 0.771. The van der Waals surface area contributed by atoms with Crippen molar-refractivity contribution in [2.24, 2.45) is 0 Å². The second kappa shape index (κ2) is 8.72. The summed E-state index contributed by atoms with van der Waals surface area (Å²) in [6.07, 6.45) is 0.771. The van der Waals surface area contributed by atoms with Gasteiger partial charge >= 0.3 is 6.03 Å². The number of hydrogen-bond donors (Lipinski definition) is 2. The molecular formula is C18H22N2O2. The number of benzene rings is 2. The number of amides is 2. The topological polar surface area (TPSA) is 50.4 Å². The molecule has 2 aromatic carbocycles. The summed E-state index contributed by atoms with van der Waals surface area (Å²) in [6.45, 7) is 3.75. The first kappa shape index (κ1) is 15.9. The Morgan fingerprint density at radius 1 is 1.00 bits per heavy atom. The van der Waals surface area contributed by atoms with Gasteiger partial charge in [0.1, 0.15) is 5.75 Å². The molecule has 116 valence electrons. The minimum Gasteiger partial charge on any atom is -0.494 e. The van der Waals surface area contributed by atoms with Crippen molar-refractivity contribution >= 4 is 6.03 Å². The minimum atomic E-state index is -0.150. The third-order valence-electron chi connectivity index (χ3n) is 3.32. The lowest BCUT2D eigenvalue weighted by Crippen LogP contribution is -2.36. The molecule has 22 heavy (non-hydrogen) atoms. The average Bonchev–Trinajstić information content (AvgIpc) is 2.55. The molecule has 4 heteroatoms. The molecule has 0 bridgehead atoms.